The van der Waals surface area contributed by atoms with E-state index in [4.69, 9.17) is 9.47 Å². The zero-order valence-corrected chi connectivity index (χ0v) is 17.8. The summed E-state index contributed by atoms with van der Waals surface area (Å²) in [4.78, 5) is 24.7. The van der Waals surface area contributed by atoms with Crippen molar-refractivity contribution in [2.24, 2.45) is 5.92 Å². The predicted octanol–water partition coefficient (Wildman–Crippen LogP) is 4.40. The minimum Gasteiger partial charge on any atom is -0.489 e. The van der Waals surface area contributed by atoms with E-state index in [1.165, 1.54) is 5.56 Å². The largest absolute Gasteiger partial charge is 0.489 e. The van der Waals surface area contributed by atoms with Crippen LogP contribution in [0.25, 0.3) is 0 Å². The summed E-state index contributed by atoms with van der Waals surface area (Å²) < 4.78 is 11.3. The Morgan fingerprint density at radius 3 is 2.33 bits per heavy atom. The lowest BCUT2D eigenvalue weighted by molar-refractivity contribution is -0.140. The molecule has 0 saturated carbocycles. The molecule has 1 atom stereocenters. The van der Waals surface area contributed by atoms with Crippen molar-refractivity contribution in [2.45, 2.75) is 40.3 Å². The number of amides is 2. The number of allylic oxidation sites excluding steroid dienone is 1. The second kappa shape index (κ2) is 9.48. The topological polar surface area (TPSA) is 76.7 Å². The average Bonchev–Trinajstić information content (AvgIpc) is 2.71. The molecular formula is C24H28N2O4. The standard InChI is InChI=1S/C24H28N2O4/c1-15(2)13-30-23(27)21-17(4)25-24(28)26-22(21)19-9-11-20(12-10-19)29-14-18-7-5-16(3)6-8-18/h5-12,15,22H,13-14H2,1-4H3,(H2,25,26,28). The minimum atomic E-state index is -0.579. The van der Waals surface area contributed by atoms with Crippen molar-refractivity contribution in [3.8, 4) is 5.75 Å². The lowest BCUT2D eigenvalue weighted by atomic mass is 9.95. The fourth-order valence-corrected chi connectivity index (χ4v) is 3.14. The highest BCUT2D eigenvalue weighted by molar-refractivity contribution is 5.95. The number of urea groups is 1. The van der Waals surface area contributed by atoms with Gasteiger partial charge in [-0.1, -0.05) is 55.8 Å². The monoisotopic (exact) mass is 408 g/mol. The van der Waals surface area contributed by atoms with E-state index < -0.39 is 12.0 Å². The third kappa shape index (κ3) is 5.41. The van der Waals surface area contributed by atoms with E-state index in [1.54, 1.807) is 6.92 Å². The normalized spacial score (nSPS) is 16.2. The fourth-order valence-electron chi connectivity index (χ4n) is 3.14. The molecule has 0 aromatic heterocycles. The maximum absolute atomic E-state index is 12.7. The van der Waals surface area contributed by atoms with Crippen molar-refractivity contribution >= 4 is 12.0 Å². The Morgan fingerprint density at radius 2 is 1.70 bits per heavy atom. The third-order valence-electron chi connectivity index (χ3n) is 4.78. The predicted molar refractivity (Wildman–Crippen MR) is 115 cm³/mol. The summed E-state index contributed by atoms with van der Waals surface area (Å²) in [7, 11) is 0. The van der Waals surface area contributed by atoms with Crippen molar-refractivity contribution < 1.29 is 19.1 Å². The summed E-state index contributed by atoms with van der Waals surface area (Å²) >= 11 is 0. The van der Waals surface area contributed by atoms with Crippen molar-refractivity contribution in [1.82, 2.24) is 10.6 Å². The zero-order valence-electron chi connectivity index (χ0n) is 17.8. The number of carbonyl (C=O) groups excluding carboxylic acids is 2. The van der Waals surface area contributed by atoms with Gasteiger partial charge in [0.2, 0.25) is 0 Å². The van der Waals surface area contributed by atoms with Gasteiger partial charge in [0, 0.05) is 5.70 Å². The molecule has 30 heavy (non-hydrogen) atoms. The van der Waals surface area contributed by atoms with E-state index >= 15 is 0 Å². The van der Waals surface area contributed by atoms with Crippen LogP contribution in [-0.4, -0.2) is 18.6 Å². The Hall–Kier alpha value is -3.28. The first-order valence-electron chi connectivity index (χ1n) is 10.1. The lowest BCUT2D eigenvalue weighted by Crippen LogP contribution is -2.45. The van der Waals surface area contributed by atoms with Crippen LogP contribution in [0.5, 0.6) is 5.75 Å². The Kier molecular flexibility index (Phi) is 6.77. The molecule has 0 saturated heterocycles. The van der Waals surface area contributed by atoms with E-state index in [2.05, 4.69) is 22.8 Å². The number of rotatable bonds is 7. The van der Waals surface area contributed by atoms with Gasteiger partial charge in [-0.2, -0.15) is 0 Å². The molecule has 3 rings (SSSR count). The molecule has 0 aliphatic carbocycles. The van der Waals surface area contributed by atoms with Crippen LogP contribution in [-0.2, 0) is 16.1 Å². The molecule has 0 fully saturated rings. The molecule has 2 amide bonds. The molecule has 6 heteroatoms. The van der Waals surface area contributed by atoms with Gasteiger partial charge >= 0.3 is 12.0 Å². The van der Waals surface area contributed by atoms with Gasteiger partial charge in [0.1, 0.15) is 12.4 Å². The number of ether oxygens (including phenoxy) is 2. The Morgan fingerprint density at radius 1 is 1.03 bits per heavy atom. The van der Waals surface area contributed by atoms with Gasteiger partial charge in [0.25, 0.3) is 0 Å². The Bertz CT molecular complexity index is 931. The number of hydrogen-bond acceptors (Lipinski definition) is 4. The first-order chi connectivity index (χ1) is 14.3. The van der Waals surface area contributed by atoms with Crippen LogP contribution < -0.4 is 15.4 Å². The number of esters is 1. The van der Waals surface area contributed by atoms with Gasteiger partial charge in [0.15, 0.2) is 0 Å². The summed E-state index contributed by atoms with van der Waals surface area (Å²) in [6.07, 6.45) is 0. The molecule has 0 radical (unpaired) electrons. The summed E-state index contributed by atoms with van der Waals surface area (Å²) in [5, 5.41) is 5.47. The second-order valence-corrected chi connectivity index (χ2v) is 7.91. The molecule has 0 spiro atoms. The minimum absolute atomic E-state index is 0.226. The first kappa shape index (κ1) is 21.4. The van der Waals surface area contributed by atoms with E-state index in [-0.39, 0.29) is 11.9 Å². The van der Waals surface area contributed by atoms with Crippen LogP contribution in [0, 0.1) is 12.8 Å². The van der Waals surface area contributed by atoms with Crippen molar-refractivity contribution in [1.29, 1.82) is 0 Å². The van der Waals surface area contributed by atoms with Crippen LogP contribution in [0.1, 0.15) is 43.5 Å². The molecule has 6 nitrogen and oxygen atoms in total. The quantitative estimate of drug-likeness (QED) is 0.666. The van der Waals surface area contributed by atoms with Crippen LogP contribution in [0.3, 0.4) is 0 Å². The van der Waals surface area contributed by atoms with E-state index in [0.717, 1.165) is 11.1 Å². The highest BCUT2D eigenvalue weighted by Crippen LogP contribution is 2.29. The maximum atomic E-state index is 12.7. The van der Waals surface area contributed by atoms with Gasteiger partial charge in [-0.25, -0.2) is 9.59 Å². The number of aryl methyl sites for hydroxylation is 1. The molecule has 158 valence electrons. The Balaban J connectivity index is 1.73. The molecule has 1 aliphatic heterocycles. The summed E-state index contributed by atoms with van der Waals surface area (Å²) in [6, 6.07) is 14.6. The molecular weight excluding hydrogens is 380 g/mol. The molecule has 2 aromatic carbocycles. The average molecular weight is 408 g/mol. The molecule has 2 aromatic rings. The van der Waals surface area contributed by atoms with Gasteiger partial charge in [-0.3, -0.25) is 0 Å². The molecule has 0 bridgehead atoms. The molecule has 1 unspecified atom stereocenters. The smallest absolute Gasteiger partial charge is 0.338 e. The summed E-state index contributed by atoms with van der Waals surface area (Å²) in [5.41, 5.74) is 3.98. The highest BCUT2D eigenvalue weighted by atomic mass is 16.5. The van der Waals surface area contributed by atoms with Crippen LogP contribution in [0.15, 0.2) is 59.8 Å². The van der Waals surface area contributed by atoms with E-state index in [9.17, 15) is 9.59 Å². The molecule has 1 aliphatic rings. The van der Waals surface area contributed by atoms with Crippen LogP contribution >= 0.6 is 0 Å². The number of nitrogens with one attached hydrogen (secondary N) is 2. The zero-order chi connectivity index (χ0) is 21.7. The summed E-state index contributed by atoms with van der Waals surface area (Å²) in [6.45, 7) is 8.49. The van der Waals surface area contributed by atoms with Crippen molar-refractivity contribution in [3.63, 3.8) is 0 Å². The molecule has 2 N–H and O–H groups in total. The Labute approximate surface area is 177 Å². The lowest BCUT2D eigenvalue weighted by Gasteiger charge is -2.28. The fraction of sp³-hybridized carbons (Fsp3) is 0.333. The SMILES string of the molecule is CC1=C(C(=O)OCC(C)C)C(c2ccc(OCc3ccc(C)cc3)cc2)NC(=O)N1. The number of benzene rings is 2. The van der Waals surface area contributed by atoms with E-state index in [1.807, 2.05) is 57.2 Å². The van der Waals surface area contributed by atoms with Crippen molar-refractivity contribution in [3.05, 3.63) is 76.5 Å². The molecule has 1 heterocycles. The van der Waals surface area contributed by atoms with Gasteiger partial charge in [0.05, 0.1) is 18.2 Å². The third-order valence-corrected chi connectivity index (χ3v) is 4.78. The van der Waals surface area contributed by atoms with Gasteiger partial charge in [-0.05, 0) is 43.0 Å². The first-order valence-corrected chi connectivity index (χ1v) is 10.1. The maximum Gasteiger partial charge on any atom is 0.338 e. The van der Waals surface area contributed by atoms with Crippen LogP contribution in [0.2, 0.25) is 0 Å². The van der Waals surface area contributed by atoms with Gasteiger partial charge < -0.3 is 20.1 Å². The van der Waals surface area contributed by atoms with E-state index in [0.29, 0.717) is 30.2 Å². The van der Waals surface area contributed by atoms with Crippen molar-refractivity contribution in [2.75, 3.05) is 6.61 Å². The summed E-state index contributed by atoms with van der Waals surface area (Å²) in [5.74, 6) is 0.507. The van der Waals surface area contributed by atoms with Gasteiger partial charge in [-0.15, -0.1) is 0 Å². The van der Waals surface area contributed by atoms with Crippen LogP contribution in [0.4, 0.5) is 4.79 Å². The number of carbonyl (C=O) groups is 2. The number of hydrogen-bond donors (Lipinski definition) is 2. The highest BCUT2D eigenvalue weighted by Gasteiger charge is 2.32. The second-order valence-electron chi connectivity index (χ2n) is 7.91.